The van der Waals surface area contributed by atoms with Crippen molar-refractivity contribution < 1.29 is 9.53 Å². The summed E-state index contributed by atoms with van der Waals surface area (Å²) in [6.07, 6.45) is 2.87. The van der Waals surface area contributed by atoms with E-state index in [-0.39, 0.29) is 6.61 Å². The number of halogens is 1. The highest BCUT2D eigenvalue weighted by molar-refractivity contribution is 6.31. The van der Waals surface area contributed by atoms with E-state index in [1.165, 1.54) is 12.1 Å². The van der Waals surface area contributed by atoms with Crippen LogP contribution in [-0.2, 0) is 11.3 Å². The highest BCUT2D eigenvalue weighted by Crippen LogP contribution is 2.18. The van der Waals surface area contributed by atoms with Gasteiger partial charge in [-0.05, 0) is 37.6 Å². The second kappa shape index (κ2) is 6.63. The van der Waals surface area contributed by atoms with Gasteiger partial charge in [0.25, 0.3) is 0 Å². The number of carbonyl (C=O) groups excluding carboxylic acids is 1. The Morgan fingerprint density at radius 2 is 2.24 bits per heavy atom. The summed E-state index contributed by atoms with van der Waals surface area (Å²) in [4.78, 5) is 11.9. The van der Waals surface area contributed by atoms with E-state index in [1.54, 1.807) is 6.07 Å². The number of hydrogen-bond donors (Lipinski definition) is 1. The first kappa shape index (κ1) is 15.4. The average molecular weight is 308 g/mol. The Morgan fingerprint density at radius 3 is 2.90 bits per heavy atom. The van der Waals surface area contributed by atoms with Gasteiger partial charge < -0.3 is 10.5 Å². The Bertz CT molecular complexity index is 619. The number of nitrogens with two attached hydrogens (primary N) is 1. The molecule has 0 saturated heterocycles. The van der Waals surface area contributed by atoms with Gasteiger partial charge in [-0.15, -0.1) is 0 Å². The number of esters is 1. The van der Waals surface area contributed by atoms with Crippen LogP contribution in [0.3, 0.4) is 0 Å². The van der Waals surface area contributed by atoms with Crippen LogP contribution in [0.2, 0.25) is 5.02 Å². The molecule has 0 radical (unpaired) electrons. The lowest BCUT2D eigenvalue weighted by Gasteiger charge is -2.08. The van der Waals surface area contributed by atoms with Crippen molar-refractivity contribution in [1.82, 2.24) is 9.78 Å². The Balaban J connectivity index is 1.99. The fourth-order valence-electron chi connectivity index (χ4n) is 1.84. The second-order valence-electron chi connectivity index (χ2n) is 4.89. The van der Waals surface area contributed by atoms with Gasteiger partial charge in [-0.3, -0.25) is 4.68 Å². The molecule has 0 aliphatic carbocycles. The number of nitrogens with zero attached hydrogens (tertiary/aromatic N) is 2. The van der Waals surface area contributed by atoms with E-state index in [0.717, 1.165) is 6.42 Å². The molecule has 1 unspecified atom stereocenters. The average Bonchev–Trinajstić information content (AvgIpc) is 2.91. The van der Waals surface area contributed by atoms with Crippen molar-refractivity contribution in [2.24, 2.45) is 0 Å². The molecule has 1 aromatic carbocycles. The first-order valence-electron chi connectivity index (χ1n) is 6.76. The van der Waals surface area contributed by atoms with Crippen molar-refractivity contribution in [3.05, 3.63) is 46.7 Å². The van der Waals surface area contributed by atoms with Crippen LogP contribution < -0.4 is 5.73 Å². The Morgan fingerprint density at radius 1 is 1.48 bits per heavy atom. The zero-order valence-corrected chi connectivity index (χ0v) is 12.8. The molecule has 0 fully saturated rings. The van der Waals surface area contributed by atoms with Crippen LogP contribution in [-0.4, -0.2) is 15.7 Å². The minimum Gasteiger partial charge on any atom is -0.456 e. The maximum absolute atomic E-state index is 11.9. The van der Waals surface area contributed by atoms with Gasteiger partial charge in [-0.2, -0.15) is 5.10 Å². The number of nitrogen functional groups attached to an aromatic ring is 1. The van der Waals surface area contributed by atoms with Crippen LogP contribution in [0.4, 0.5) is 5.69 Å². The topological polar surface area (TPSA) is 70.1 Å². The number of rotatable bonds is 5. The lowest BCUT2D eigenvalue weighted by atomic mass is 10.2. The molecule has 1 atom stereocenters. The number of hydrogen-bond acceptors (Lipinski definition) is 4. The molecule has 21 heavy (non-hydrogen) atoms. The number of ether oxygens (including phenoxy) is 1. The Kier molecular flexibility index (Phi) is 4.85. The minimum absolute atomic E-state index is 0.120. The SMILES string of the molecule is CCC(C)n1ccc(COC(=O)c2cc(N)cc(Cl)c2)n1. The van der Waals surface area contributed by atoms with Gasteiger partial charge in [-0.25, -0.2) is 4.79 Å². The lowest BCUT2D eigenvalue weighted by molar-refractivity contribution is 0.0467. The molecule has 2 rings (SSSR count). The lowest BCUT2D eigenvalue weighted by Crippen LogP contribution is -2.08. The molecule has 2 N–H and O–H groups in total. The summed E-state index contributed by atoms with van der Waals surface area (Å²) in [6.45, 7) is 4.29. The smallest absolute Gasteiger partial charge is 0.338 e. The number of aromatic nitrogens is 2. The molecule has 0 spiro atoms. The van der Waals surface area contributed by atoms with E-state index in [0.29, 0.717) is 28.0 Å². The quantitative estimate of drug-likeness (QED) is 0.678. The molecule has 0 bridgehead atoms. The largest absolute Gasteiger partial charge is 0.456 e. The van der Waals surface area contributed by atoms with Crippen molar-refractivity contribution in [1.29, 1.82) is 0 Å². The Labute approximate surface area is 128 Å². The molecule has 0 saturated carbocycles. The number of anilines is 1. The first-order valence-corrected chi connectivity index (χ1v) is 7.14. The standard InChI is InChI=1S/C15H18ClN3O2/c1-3-10(2)19-5-4-14(18-19)9-21-15(20)11-6-12(16)8-13(17)7-11/h4-8,10H,3,9,17H2,1-2H3. The fourth-order valence-corrected chi connectivity index (χ4v) is 2.08. The summed E-state index contributed by atoms with van der Waals surface area (Å²) < 4.78 is 7.08. The predicted octanol–water partition coefficient (Wildman–Crippen LogP) is 3.45. The van der Waals surface area contributed by atoms with E-state index < -0.39 is 5.97 Å². The molecular formula is C15H18ClN3O2. The number of benzene rings is 1. The molecule has 0 amide bonds. The highest BCUT2D eigenvalue weighted by Gasteiger charge is 2.11. The van der Waals surface area contributed by atoms with E-state index >= 15 is 0 Å². The highest BCUT2D eigenvalue weighted by atomic mass is 35.5. The predicted molar refractivity (Wildman–Crippen MR) is 82.2 cm³/mol. The number of carbonyl (C=O) groups is 1. The molecular weight excluding hydrogens is 290 g/mol. The minimum atomic E-state index is -0.470. The molecule has 6 heteroatoms. The fraction of sp³-hybridized carbons (Fsp3) is 0.333. The summed E-state index contributed by atoms with van der Waals surface area (Å²) in [7, 11) is 0. The first-order chi connectivity index (χ1) is 9.99. The van der Waals surface area contributed by atoms with Crippen molar-refractivity contribution in [3.63, 3.8) is 0 Å². The third-order valence-corrected chi connectivity index (χ3v) is 3.43. The summed E-state index contributed by atoms with van der Waals surface area (Å²) in [5.41, 5.74) is 7.12. The molecule has 5 nitrogen and oxygen atoms in total. The third kappa shape index (κ3) is 3.98. The van der Waals surface area contributed by atoms with Gasteiger partial charge in [0.05, 0.1) is 11.3 Å². The van der Waals surface area contributed by atoms with E-state index in [4.69, 9.17) is 22.1 Å². The van der Waals surface area contributed by atoms with Gasteiger partial charge in [0.15, 0.2) is 0 Å². The van der Waals surface area contributed by atoms with E-state index in [1.807, 2.05) is 16.9 Å². The molecule has 2 aromatic rings. The maximum atomic E-state index is 11.9. The van der Waals surface area contributed by atoms with Crippen LogP contribution >= 0.6 is 11.6 Å². The second-order valence-corrected chi connectivity index (χ2v) is 5.33. The van der Waals surface area contributed by atoms with Crippen LogP contribution in [0.1, 0.15) is 42.4 Å². The van der Waals surface area contributed by atoms with E-state index in [9.17, 15) is 4.79 Å². The van der Waals surface area contributed by atoms with Crippen LogP contribution in [0.15, 0.2) is 30.5 Å². The van der Waals surface area contributed by atoms with Crippen LogP contribution in [0.25, 0.3) is 0 Å². The van der Waals surface area contributed by atoms with Crippen molar-refractivity contribution >= 4 is 23.3 Å². The molecule has 0 aliphatic rings. The maximum Gasteiger partial charge on any atom is 0.338 e. The van der Waals surface area contributed by atoms with Gasteiger partial charge in [0.2, 0.25) is 0 Å². The van der Waals surface area contributed by atoms with Crippen molar-refractivity contribution in [2.75, 3.05) is 5.73 Å². The van der Waals surface area contributed by atoms with Crippen molar-refractivity contribution in [2.45, 2.75) is 32.9 Å². The zero-order valence-electron chi connectivity index (χ0n) is 12.0. The summed E-state index contributed by atoms with van der Waals surface area (Å²) in [6, 6.07) is 6.80. The van der Waals surface area contributed by atoms with Gasteiger partial charge in [-0.1, -0.05) is 18.5 Å². The normalized spacial score (nSPS) is 12.1. The van der Waals surface area contributed by atoms with Crippen LogP contribution in [0.5, 0.6) is 0 Å². The summed E-state index contributed by atoms with van der Waals surface area (Å²) >= 11 is 5.86. The third-order valence-electron chi connectivity index (χ3n) is 3.21. The monoisotopic (exact) mass is 307 g/mol. The Hall–Kier alpha value is -2.01. The summed E-state index contributed by atoms with van der Waals surface area (Å²) in [5, 5.41) is 4.78. The molecule has 1 heterocycles. The molecule has 1 aromatic heterocycles. The van der Waals surface area contributed by atoms with Crippen molar-refractivity contribution in [3.8, 4) is 0 Å². The van der Waals surface area contributed by atoms with Gasteiger partial charge in [0.1, 0.15) is 6.61 Å². The zero-order chi connectivity index (χ0) is 15.4. The summed E-state index contributed by atoms with van der Waals surface area (Å²) in [5.74, 6) is -0.470. The molecule has 112 valence electrons. The van der Waals surface area contributed by atoms with E-state index in [2.05, 4.69) is 18.9 Å². The van der Waals surface area contributed by atoms with Gasteiger partial charge in [0, 0.05) is 22.9 Å². The van der Waals surface area contributed by atoms with Crippen LogP contribution in [0, 0.1) is 0 Å². The molecule has 0 aliphatic heterocycles. The van der Waals surface area contributed by atoms with Gasteiger partial charge >= 0.3 is 5.97 Å².